The fraction of sp³-hybridized carbons (Fsp3) is 1.00. The standard InChI is InChI=1S/C12H26N2O3S/c1-11(2)14(18(15,16)9-8-17-3)10-12-4-6-13-7-5-12/h11-13H,4-10H2,1-3H3. The molecule has 0 aromatic rings. The molecular weight excluding hydrogens is 252 g/mol. The minimum atomic E-state index is -3.20. The average molecular weight is 278 g/mol. The smallest absolute Gasteiger partial charge is 0.216 e. The van der Waals surface area contributed by atoms with Crippen LogP contribution in [0.25, 0.3) is 0 Å². The van der Waals surface area contributed by atoms with Crippen molar-refractivity contribution in [3.8, 4) is 0 Å². The van der Waals surface area contributed by atoms with Gasteiger partial charge in [0.1, 0.15) is 0 Å². The van der Waals surface area contributed by atoms with Gasteiger partial charge < -0.3 is 10.1 Å². The Morgan fingerprint density at radius 3 is 2.44 bits per heavy atom. The lowest BCUT2D eigenvalue weighted by Gasteiger charge is -2.31. The monoisotopic (exact) mass is 278 g/mol. The number of piperidine rings is 1. The van der Waals surface area contributed by atoms with Gasteiger partial charge in [0.2, 0.25) is 10.0 Å². The van der Waals surface area contributed by atoms with E-state index in [1.54, 1.807) is 4.31 Å². The van der Waals surface area contributed by atoms with Gasteiger partial charge in [0.25, 0.3) is 0 Å². The molecule has 0 aromatic carbocycles. The van der Waals surface area contributed by atoms with Crippen molar-refractivity contribution in [1.82, 2.24) is 9.62 Å². The molecule has 0 bridgehead atoms. The fourth-order valence-corrected chi connectivity index (χ4v) is 3.96. The highest BCUT2D eigenvalue weighted by Gasteiger charge is 2.28. The number of hydrogen-bond acceptors (Lipinski definition) is 4. The number of sulfonamides is 1. The third-order valence-corrected chi connectivity index (χ3v) is 5.34. The largest absolute Gasteiger partial charge is 0.384 e. The zero-order chi connectivity index (χ0) is 13.6. The van der Waals surface area contributed by atoms with E-state index in [0.29, 0.717) is 12.5 Å². The van der Waals surface area contributed by atoms with Gasteiger partial charge in [-0.15, -0.1) is 0 Å². The zero-order valence-electron chi connectivity index (χ0n) is 11.7. The molecule has 1 saturated heterocycles. The Bertz CT molecular complexity index is 324. The van der Waals surface area contributed by atoms with E-state index in [-0.39, 0.29) is 18.4 Å². The molecule has 0 aromatic heterocycles. The summed E-state index contributed by atoms with van der Waals surface area (Å²) in [6, 6.07) is 0.0155. The zero-order valence-corrected chi connectivity index (χ0v) is 12.5. The van der Waals surface area contributed by atoms with Crippen LogP contribution in [0.2, 0.25) is 0 Å². The Hall–Kier alpha value is -0.170. The van der Waals surface area contributed by atoms with Crippen LogP contribution in [0.3, 0.4) is 0 Å². The number of nitrogens with zero attached hydrogens (tertiary/aromatic N) is 1. The van der Waals surface area contributed by atoms with Crippen molar-refractivity contribution in [2.45, 2.75) is 32.7 Å². The van der Waals surface area contributed by atoms with Crippen LogP contribution >= 0.6 is 0 Å². The molecule has 5 nitrogen and oxygen atoms in total. The Morgan fingerprint density at radius 2 is 1.94 bits per heavy atom. The quantitative estimate of drug-likeness (QED) is 0.744. The van der Waals surface area contributed by atoms with Gasteiger partial charge in [-0.3, -0.25) is 0 Å². The highest BCUT2D eigenvalue weighted by atomic mass is 32.2. The van der Waals surface area contributed by atoms with Crippen molar-refractivity contribution in [2.75, 3.05) is 39.1 Å². The van der Waals surface area contributed by atoms with Gasteiger partial charge in [-0.1, -0.05) is 0 Å². The number of hydrogen-bond donors (Lipinski definition) is 1. The van der Waals surface area contributed by atoms with E-state index < -0.39 is 10.0 Å². The van der Waals surface area contributed by atoms with Crippen LogP contribution in [-0.2, 0) is 14.8 Å². The average Bonchev–Trinajstić information content (AvgIpc) is 2.34. The maximum atomic E-state index is 12.2. The molecule has 108 valence electrons. The molecule has 0 amide bonds. The SMILES string of the molecule is COCCS(=O)(=O)N(CC1CCNCC1)C(C)C. The predicted molar refractivity (Wildman–Crippen MR) is 73.1 cm³/mol. The Balaban J connectivity index is 2.63. The van der Waals surface area contributed by atoms with Crippen LogP contribution in [0.4, 0.5) is 0 Å². The van der Waals surface area contributed by atoms with Crippen molar-refractivity contribution in [2.24, 2.45) is 5.92 Å². The highest BCUT2D eigenvalue weighted by molar-refractivity contribution is 7.89. The first kappa shape index (κ1) is 15.9. The summed E-state index contributed by atoms with van der Waals surface area (Å²) >= 11 is 0. The molecule has 18 heavy (non-hydrogen) atoms. The van der Waals surface area contributed by atoms with Crippen molar-refractivity contribution in [1.29, 1.82) is 0 Å². The summed E-state index contributed by atoms with van der Waals surface area (Å²) in [5.74, 6) is 0.554. The summed E-state index contributed by atoms with van der Waals surface area (Å²) in [7, 11) is -1.67. The van der Waals surface area contributed by atoms with Crippen LogP contribution < -0.4 is 5.32 Å². The number of rotatable bonds is 7. The molecule has 1 aliphatic heterocycles. The molecule has 6 heteroatoms. The second-order valence-electron chi connectivity index (χ2n) is 5.17. The summed E-state index contributed by atoms with van der Waals surface area (Å²) in [5, 5.41) is 3.30. The van der Waals surface area contributed by atoms with Crippen molar-refractivity contribution < 1.29 is 13.2 Å². The van der Waals surface area contributed by atoms with E-state index in [1.165, 1.54) is 7.11 Å². The minimum Gasteiger partial charge on any atom is -0.384 e. The lowest BCUT2D eigenvalue weighted by molar-refractivity contribution is 0.212. The molecule has 0 saturated carbocycles. The second-order valence-corrected chi connectivity index (χ2v) is 7.21. The molecule has 1 N–H and O–H groups in total. The predicted octanol–water partition coefficient (Wildman–Crippen LogP) is 0.673. The van der Waals surface area contributed by atoms with Crippen LogP contribution in [0.1, 0.15) is 26.7 Å². The summed E-state index contributed by atoms with van der Waals surface area (Å²) in [4.78, 5) is 0. The summed E-state index contributed by atoms with van der Waals surface area (Å²) in [5.41, 5.74) is 0. The maximum absolute atomic E-state index is 12.2. The van der Waals surface area contributed by atoms with Crippen molar-refractivity contribution >= 4 is 10.0 Å². The van der Waals surface area contributed by atoms with Gasteiger partial charge in [0.05, 0.1) is 12.4 Å². The molecule has 1 rings (SSSR count). The van der Waals surface area contributed by atoms with Crippen LogP contribution in [0, 0.1) is 5.92 Å². The van der Waals surface area contributed by atoms with E-state index in [4.69, 9.17) is 4.74 Å². The third-order valence-electron chi connectivity index (χ3n) is 3.38. The van der Waals surface area contributed by atoms with Gasteiger partial charge in [0, 0.05) is 19.7 Å². The van der Waals surface area contributed by atoms with Gasteiger partial charge in [0.15, 0.2) is 0 Å². The van der Waals surface area contributed by atoms with Crippen molar-refractivity contribution in [3.63, 3.8) is 0 Å². The van der Waals surface area contributed by atoms with Crippen LogP contribution in [0.5, 0.6) is 0 Å². The third kappa shape index (κ3) is 4.84. The normalized spacial score (nSPS) is 18.7. The fourth-order valence-electron chi connectivity index (χ4n) is 2.27. The Labute approximate surface area is 111 Å². The first-order valence-corrected chi connectivity index (χ1v) is 8.27. The molecule has 0 radical (unpaired) electrons. The Kier molecular flexibility index (Phi) is 6.55. The van der Waals surface area contributed by atoms with Crippen LogP contribution in [-0.4, -0.2) is 57.9 Å². The molecule has 0 aliphatic carbocycles. The van der Waals surface area contributed by atoms with Gasteiger partial charge in [-0.25, -0.2) is 8.42 Å². The number of nitrogens with one attached hydrogen (secondary N) is 1. The molecule has 1 heterocycles. The van der Waals surface area contributed by atoms with Gasteiger partial charge in [-0.05, 0) is 45.7 Å². The van der Waals surface area contributed by atoms with E-state index in [0.717, 1.165) is 25.9 Å². The van der Waals surface area contributed by atoms with E-state index in [2.05, 4.69) is 5.32 Å². The van der Waals surface area contributed by atoms with Gasteiger partial charge >= 0.3 is 0 Å². The van der Waals surface area contributed by atoms with Crippen LogP contribution in [0.15, 0.2) is 0 Å². The lowest BCUT2D eigenvalue weighted by Crippen LogP contribution is -2.44. The summed E-state index contributed by atoms with van der Waals surface area (Å²) < 4.78 is 31.0. The number of ether oxygens (including phenoxy) is 1. The lowest BCUT2D eigenvalue weighted by atomic mass is 9.98. The highest BCUT2D eigenvalue weighted by Crippen LogP contribution is 2.18. The van der Waals surface area contributed by atoms with E-state index in [1.807, 2.05) is 13.8 Å². The first-order chi connectivity index (χ1) is 8.47. The molecule has 1 fully saturated rings. The second kappa shape index (κ2) is 7.43. The molecule has 1 aliphatic rings. The van der Waals surface area contributed by atoms with E-state index in [9.17, 15) is 8.42 Å². The van der Waals surface area contributed by atoms with Gasteiger partial charge in [-0.2, -0.15) is 4.31 Å². The first-order valence-electron chi connectivity index (χ1n) is 6.66. The summed E-state index contributed by atoms with van der Waals surface area (Å²) in [6.45, 7) is 6.77. The maximum Gasteiger partial charge on any atom is 0.216 e. The molecule has 0 unspecified atom stereocenters. The van der Waals surface area contributed by atoms with Crippen molar-refractivity contribution in [3.05, 3.63) is 0 Å². The van der Waals surface area contributed by atoms with E-state index >= 15 is 0 Å². The molecule has 0 atom stereocenters. The summed E-state index contributed by atoms with van der Waals surface area (Å²) in [6.07, 6.45) is 2.12. The molecular formula is C12H26N2O3S. The molecule has 0 spiro atoms. The topological polar surface area (TPSA) is 58.6 Å². The Morgan fingerprint density at radius 1 is 1.33 bits per heavy atom. The minimum absolute atomic E-state index is 0.0155. The number of methoxy groups -OCH3 is 1.